The summed E-state index contributed by atoms with van der Waals surface area (Å²) in [5, 5.41) is 16.3. The predicted octanol–water partition coefficient (Wildman–Crippen LogP) is 3.93. The quantitative estimate of drug-likeness (QED) is 0.163. The van der Waals surface area contributed by atoms with E-state index in [9.17, 15) is 24.3 Å². The van der Waals surface area contributed by atoms with Crippen LogP contribution in [0.4, 0.5) is 11.4 Å². The number of aliphatic hydroxyl groups excluding tert-OH is 1. The number of carbonyl (C=O) groups excluding carboxylic acids is 4. The highest BCUT2D eigenvalue weighted by Crippen LogP contribution is 2.21. The molecule has 3 atom stereocenters. The fourth-order valence-electron chi connectivity index (χ4n) is 5.39. The van der Waals surface area contributed by atoms with Gasteiger partial charge in [-0.05, 0) is 72.5 Å². The number of ether oxygens (including phenoxy) is 2. The van der Waals surface area contributed by atoms with Crippen molar-refractivity contribution >= 4 is 35.0 Å². The molecule has 0 saturated heterocycles. The Labute approximate surface area is 292 Å². The van der Waals surface area contributed by atoms with Gasteiger partial charge < -0.3 is 35.0 Å². The number of rotatable bonds is 16. The molecule has 3 N–H and O–H groups in total. The largest absolute Gasteiger partial charge is 0.497 e. The van der Waals surface area contributed by atoms with Gasteiger partial charge in [0.1, 0.15) is 29.7 Å². The van der Waals surface area contributed by atoms with Crippen molar-refractivity contribution in [1.82, 2.24) is 10.6 Å². The summed E-state index contributed by atoms with van der Waals surface area (Å²) in [4.78, 5) is 56.8. The Balaban J connectivity index is 1.45. The third-order valence-corrected chi connectivity index (χ3v) is 8.36. The van der Waals surface area contributed by atoms with E-state index >= 15 is 0 Å². The second-order valence-electron chi connectivity index (χ2n) is 11.8. The van der Waals surface area contributed by atoms with Crippen molar-refractivity contribution in [1.29, 1.82) is 0 Å². The van der Waals surface area contributed by atoms with Crippen LogP contribution in [-0.4, -0.2) is 75.2 Å². The van der Waals surface area contributed by atoms with Gasteiger partial charge in [0.25, 0.3) is 0 Å². The van der Waals surface area contributed by atoms with Gasteiger partial charge in [0.15, 0.2) is 0 Å². The van der Waals surface area contributed by atoms with Crippen LogP contribution in [0.3, 0.4) is 0 Å². The standard InChI is InChI=1S/C39H44N4O7/c1-42(29-16-20-31(49-3)21-17-29)38(47)33(24-15-27-11-7-5-8-12-27)41-37(46)35(44)26-36(45)40-34(25-28-13-9-6-10-14-28)39(48)43(2)30-18-22-32(50-4)23-19-30/h5-14,16-23,33-35,44H,15,24-26H2,1-4H3,(H,40,45)(H,41,46)/t33-,34?,35-/m0/s1. The van der Waals surface area contributed by atoms with E-state index in [2.05, 4.69) is 10.6 Å². The lowest BCUT2D eigenvalue weighted by Crippen LogP contribution is -2.52. The molecule has 0 aliphatic heterocycles. The Morgan fingerprint density at radius 2 is 1.10 bits per heavy atom. The number of hydrogen-bond donors (Lipinski definition) is 3. The molecule has 11 heteroatoms. The minimum absolute atomic E-state index is 0.182. The van der Waals surface area contributed by atoms with Gasteiger partial charge in [-0.25, -0.2) is 0 Å². The molecule has 0 aliphatic carbocycles. The number of methoxy groups -OCH3 is 2. The first kappa shape index (κ1) is 37.1. The van der Waals surface area contributed by atoms with Crippen LogP contribution in [0, 0.1) is 0 Å². The lowest BCUT2D eigenvalue weighted by molar-refractivity contribution is -0.137. The Morgan fingerprint density at radius 3 is 1.58 bits per heavy atom. The Kier molecular flexibility index (Phi) is 13.5. The third kappa shape index (κ3) is 10.4. The molecule has 262 valence electrons. The molecule has 0 aromatic heterocycles. The number of amides is 4. The number of aliphatic hydroxyl groups is 1. The fraction of sp³-hybridized carbons (Fsp3) is 0.282. The van der Waals surface area contributed by atoms with E-state index in [0.29, 0.717) is 29.3 Å². The highest BCUT2D eigenvalue weighted by Gasteiger charge is 2.30. The third-order valence-electron chi connectivity index (χ3n) is 8.36. The first-order valence-corrected chi connectivity index (χ1v) is 16.3. The minimum atomic E-state index is -1.78. The van der Waals surface area contributed by atoms with E-state index in [1.54, 1.807) is 76.8 Å². The smallest absolute Gasteiger partial charge is 0.250 e. The zero-order valence-corrected chi connectivity index (χ0v) is 28.7. The highest BCUT2D eigenvalue weighted by atomic mass is 16.5. The molecule has 4 aromatic rings. The number of aryl methyl sites for hydroxylation is 1. The topological polar surface area (TPSA) is 138 Å². The van der Waals surface area contributed by atoms with Crippen LogP contribution in [0.25, 0.3) is 0 Å². The van der Waals surface area contributed by atoms with Gasteiger partial charge in [-0.2, -0.15) is 0 Å². The van der Waals surface area contributed by atoms with Gasteiger partial charge in [0, 0.05) is 31.9 Å². The van der Waals surface area contributed by atoms with Crippen molar-refractivity contribution in [2.75, 3.05) is 38.1 Å². The summed E-state index contributed by atoms with van der Waals surface area (Å²) in [5.41, 5.74) is 2.96. The van der Waals surface area contributed by atoms with E-state index in [1.807, 2.05) is 60.7 Å². The molecule has 0 bridgehead atoms. The van der Waals surface area contributed by atoms with E-state index in [1.165, 1.54) is 9.80 Å². The number of benzene rings is 4. The summed E-state index contributed by atoms with van der Waals surface area (Å²) in [5.74, 6) is -1.11. The first-order chi connectivity index (χ1) is 24.1. The average molecular weight is 681 g/mol. The van der Waals surface area contributed by atoms with Crippen molar-refractivity contribution in [3.05, 3.63) is 120 Å². The monoisotopic (exact) mass is 680 g/mol. The van der Waals surface area contributed by atoms with E-state index < -0.39 is 42.3 Å². The van der Waals surface area contributed by atoms with Crippen molar-refractivity contribution in [2.24, 2.45) is 0 Å². The minimum Gasteiger partial charge on any atom is -0.497 e. The summed E-state index contributed by atoms with van der Waals surface area (Å²) >= 11 is 0. The van der Waals surface area contributed by atoms with Crippen molar-refractivity contribution in [2.45, 2.75) is 43.9 Å². The van der Waals surface area contributed by atoms with Gasteiger partial charge in [0.05, 0.1) is 20.6 Å². The Morgan fingerprint density at radius 1 is 0.640 bits per heavy atom. The maximum Gasteiger partial charge on any atom is 0.250 e. The van der Waals surface area contributed by atoms with E-state index in [0.717, 1.165) is 11.1 Å². The van der Waals surface area contributed by atoms with Crippen LogP contribution in [-0.2, 0) is 32.0 Å². The highest BCUT2D eigenvalue weighted by molar-refractivity contribution is 6.01. The van der Waals surface area contributed by atoms with Crippen LogP contribution in [0.15, 0.2) is 109 Å². The summed E-state index contributed by atoms with van der Waals surface area (Å²) in [7, 11) is 6.30. The summed E-state index contributed by atoms with van der Waals surface area (Å²) in [6.45, 7) is 0. The summed E-state index contributed by atoms with van der Waals surface area (Å²) in [6, 6.07) is 30.6. The van der Waals surface area contributed by atoms with Crippen LogP contribution in [0.1, 0.15) is 24.0 Å². The molecule has 4 amide bonds. The lowest BCUT2D eigenvalue weighted by atomic mass is 10.0. The molecule has 4 aromatic carbocycles. The normalized spacial score (nSPS) is 12.5. The first-order valence-electron chi connectivity index (χ1n) is 16.3. The Hall–Kier alpha value is -5.68. The van der Waals surface area contributed by atoms with Crippen LogP contribution < -0.4 is 29.9 Å². The molecular weight excluding hydrogens is 636 g/mol. The molecule has 0 aliphatic rings. The summed E-state index contributed by atoms with van der Waals surface area (Å²) < 4.78 is 10.4. The molecule has 0 spiro atoms. The fourth-order valence-corrected chi connectivity index (χ4v) is 5.39. The zero-order valence-electron chi connectivity index (χ0n) is 28.7. The second kappa shape index (κ2) is 18.2. The van der Waals surface area contributed by atoms with E-state index in [4.69, 9.17) is 9.47 Å². The summed E-state index contributed by atoms with van der Waals surface area (Å²) in [6.07, 6.45) is -1.48. The molecule has 0 fully saturated rings. The number of nitrogens with one attached hydrogen (secondary N) is 2. The second-order valence-corrected chi connectivity index (χ2v) is 11.8. The predicted molar refractivity (Wildman–Crippen MR) is 192 cm³/mol. The molecule has 1 unspecified atom stereocenters. The number of likely N-dealkylation sites (N-methyl/N-ethyl adjacent to an activating group) is 2. The van der Waals surface area contributed by atoms with Crippen molar-refractivity contribution in [3.8, 4) is 11.5 Å². The number of anilines is 2. The molecule has 11 nitrogen and oxygen atoms in total. The van der Waals surface area contributed by atoms with Crippen LogP contribution in [0.5, 0.6) is 11.5 Å². The number of hydrogen-bond acceptors (Lipinski definition) is 7. The van der Waals surface area contributed by atoms with E-state index in [-0.39, 0.29) is 18.7 Å². The zero-order chi connectivity index (χ0) is 36.0. The average Bonchev–Trinajstić information content (AvgIpc) is 3.15. The van der Waals surface area contributed by atoms with Gasteiger partial charge in [-0.3, -0.25) is 19.2 Å². The van der Waals surface area contributed by atoms with Gasteiger partial charge in [-0.1, -0.05) is 60.7 Å². The number of carbonyl (C=O) groups is 4. The SMILES string of the molecule is COc1ccc(N(C)C(=O)C(Cc2ccccc2)NC(=O)C[C@H](O)C(=O)N[C@@H](CCc2ccccc2)C(=O)N(C)c2ccc(OC)cc2)cc1. The lowest BCUT2D eigenvalue weighted by Gasteiger charge is -2.26. The molecule has 0 radical (unpaired) electrons. The van der Waals surface area contributed by atoms with Crippen molar-refractivity contribution < 1.29 is 33.8 Å². The number of nitrogens with zero attached hydrogens (tertiary/aromatic N) is 2. The maximum absolute atomic E-state index is 13.7. The van der Waals surface area contributed by atoms with Crippen molar-refractivity contribution in [3.63, 3.8) is 0 Å². The van der Waals surface area contributed by atoms with Crippen LogP contribution >= 0.6 is 0 Å². The molecule has 50 heavy (non-hydrogen) atoms. The van der Waals surface area contributed by atoms with Gasteiger partial charge in [-0.15, -0.1) is 0 Å². The molecule has 4 rings (SSSR count). The molecule has 0 heterocycles. The van der Waals surface area contributed by atoms with Gasteiger partial charge in [0.2, 0.25) is 23.6 Å². The Bertz CT molecular complexity index is 1700. The molecular formula is C39H44N4O7. The van der Waals surface area contributed by atoms with Gasteiger partial charge >= 0.3 is 0 Å². The van der Waals surface area contributed by atoms with Crippen LogP contribution in [0.2, 0.25) is 0 Å². The maximum atomic E-state index is 13.7. The molecule has 0 saturated carbocycles.